The van der Waals surface area contributed by atoms with Gasteiger partial charge in [0.05, 0.1) is 5.56 Å². The molecule has 0 aliphatic carbocycles. The quantitative estimate of drug-likeness (QED) is 0.809. The second-order valence-electron chi connectivity index (χ2n) is 5.45. The zero-order valence-electron chi connectivity index (χ0n) is 13.7. The molecule has 1 amide bonds. The van der Waals surface area contributed by atoms with Crippen molar-refractivity contribution in [1.29, 1.82) is 0 Å². The summed E-state index contributed by atoms with van der Waals surface area (Å²) in [7, 11) is 1.45. The van der Waals surface area contributed by atoms with E-state index in [1.165, 1.54) is 31.4 Å². The molecule has 0 unspecified atom stereocenters. The molecule has 0 aliphatic rings. The predicted molar refractivity (Wildman–Crippen MR) is 83.2 cm³/mol. The van der Waals surface area contributed by atoms with Gasteiger partial charge in [0.25, 0.3) is 5.91 Å². The minimum Gasteiger partial charge on any atom is -0.480 e. The number of nitrogens with zero attached hydrogens (tertiary/aromatic N) is 1. The Labute approximate surface area is 146 Å². The van der Waals surface area contributed by atoms with Crippen LogP contribution < -0.4 is 0 Å². The molecular formula is C17H16F3NO5. The van der Waals surface area contributed by atoms with Crippen molar-refractivity contribution in [1.82, 2.24) is 4.90 Å². The van der Waals surface area contributed by atoms with Crippen molar-refractivity contribution in [3.8, 4) is 0 Å². The minimum atomic E-state index is -4.47. The molecule has 0 spiro atoms. The first-order valence-electron chi connectivity index (χ1n) is 7.45. The number of hydrogen-bond acceptors (Lipinski definition) is 4. The van der Waals surface area contributed by atoms with Crippen molar-refractivity contribution in [2.75, 3.05) is 13.7 Å². The van der Waals surface area contributed by atoms with Gasteiger partial charge in [-0.1, -0.05) is 12.1 Å². The second kappa shape index (κ2) is 8.05. The van der Waals surface area contributed by atoms with E-state index >= 15 is 0 Å². The van der Waals surface area contributed by atoms with Crippen LogP contribution >= 0.6 is 0 Å². The van der Waals surface area contributed by atoms with Gasteiger partial charge < -0.3 is 19.2 Å². The molecule has 0 radical (unpaired) electrons. The number of alkyl halides is 3. The number of methoxy groups -OCH3 is 1. The first kappa shape index (κ1) is 19.5. The number of carbonyl (C=O) groups is 2. The number of aliphatic carboxylic acids is 1. The minimum absolute atomic E-state index is 0.0785. The van der Waals surface area contributed by atoms with Crippen molar-refractivity contribution in [3.63, 3.8) is 0 Å². The van der Waals surface area contributed by atoms with Crippen LogP contribution in [0, 0.1) is 0 Å². The first-order valence-corrected chi connectivity index (χ1v) is 7.45. The highest BCUT2D eigenvalue weighted by Gasteiger charge is 2.30. The summed E-state index contributed by atoms with van der Waals surface area (Å²) in [6.45, 7) is -0.658. The van der Waals surface area contributed by atoms with Gasteiger partial charge >= 0.3 is 12.1 Å². The monoisotopic (exact) mass is 371 g/mol. The van der Waals surface area contributed by atoms with Crippen LogP contribution in [-0.4, -0.2) is 35.5 Å². The number of amides is 1. The number of hydrogen-bond donors (Lipinski definition) is 1. The standard InChI is InChI=1S/C17H16F3NO5/c1-25-10-13-6-7-14(26-13)16(24)21(9-15(22)23)8-11-2-4-12(5-3-11)17(18,19)20/h2-7H,8-10H2,1H3,(H,22,23). The van der Waals surface area contributed by atoms with Crippen molar-refractivity contribution in [2.45, 2.75) is 19.3 Å². The van der Waals surface area contributed by atoms with Gasteiger partial charge in [-0.05, 0) is 29.8 Å². The Hall–Kier alpha value is -2.81. The Morgan fingerprint density at radius 3 is 2.35 bits per heavy atom. The van der Waals surface area contributed by atoms with Gasteiger partial charge in [-0.25, -0.2) is 0 Å². The van der Waals surface area contributed by atoms with Crippen LogP contribution in [0.3, 0.4) is 0 Å². The zero-order chi connectivity index (χ0) is 19.3. The number of carboxylic acid groups (broad SMARTS) is 1. The highest BCUT2D eigenvalue weighted by atomic mass is 19.4. The highest BCUT2D eigenvalue weighted by Crippen LogP contribution is 2.29. The van der Waals surface area contributed by atoms with Gasteiger partial charge in [0.1, 0.15) is 18.9 Å². The molecule has 0 bridgehead atoms. The third-order valence-corrected chi connectivity index (χ3v) is 3.43. The molecule has 0 atom stereocenters. The molecule has 1 heterocycles. The van der Waals surface area contributed by atoms with E-state index in [-0.39, 0.29) is 18.9 Å². The van der Waals surface area contributed by atoms with Gasteiger partial charge in [0.2, 0.25) is 0 Å². The Kier molecular flexibility index (Phi) is 6.04. The largest absolute Gasteiger partial charge is 0.480 e. The maximum Gasteiger partial charge on any atom is 0.416 e. The molecule has 26 heavy (non-hydrogen) atoms. The molecule has 1 aromatic heterocycles. The molecule has 1 N–H and O–H groups in total. The number of carboxylic acids is 1. The van der Waals surface area contributed by atoms with Crippen molar-refractivity contribution in [2.24, 2.45) is 0 Å². The van der Waals surface area contributed by atoms with E-state index in [0.717, 1.165) is 17.0 Å². The summed E-state index contributed by atoms with van der Waals surface area (Å²) in [5, 5.41) is 9.00. The summed E-state index contributed by atoms with van der Waals surface area (Å²) in [5.74, 6) is -1.63. The van der Waals surface area contributed by atoms with Crippen LogP contribution in [0.1, 0.15) is 27.4 Å². The maximum absolute atomic E-state index is 12.6. The van der Waals surface area contributed by atoms with Crippen LogP contribution in [0.15, 0.2) is 40.8 Å². The van der Waals surface area contributed by atoms with E-state index in [1.54, 1.807) is 0 Å². The number of rotatable bonds is 7. The van der Waals surface area contributed by atoms with Gasteiger partial charge in [-0.3, -0.25) is 9.59 Å². The lowest BCUT2D eigenvalue weighted by Crippen LogP contribution is -2.35. The topological polar surface area (TPSA) is 80.0 Å². The van der Waals surface area contributed by atoms with Crippen LogP contribution in [-0.2, 0) is 28.9 Å². The molecule has 0 fully saturated rings. The fraction of sp³-hybridized carbons (Fsp3) is 0.294. The summed E-state index contributed by atoms with van der Waals surface area (Å²) in [4.78, 5) is 24.5. The van der Waals surface area contributed by atoms with Gasteiger partial charge in [0, 0.05) is 13.7 Å². The first-order chi connectivity index (χ1) is 12.2. The van der Waals surface area contributed by atoms with E-state index < -0.39 is 30.2 Å². The number of furan rings is 1. The van der Waals surface area contributed by atoms with E-state index in [4.69, 9.17) is 14.3 Å². The Morgan fingerprint density at radius 2 is 1.81 bits per heavy atom. The predicted octanol–water partition coefficient (Wildman–Crippen LogP) is 3.17. The number of benzene rings is 1. The van der Waals surface area contributed by atoms with Gasteiger partial charge in [-0.2, -0.15) is 13.2 Å². The van der Waals surface area contributed by atoms with Crippen LogP contribution in [0.4, 0.5) is 13.2 Å². The number of halogens is 3. The molecule has 0 saturated heterocycles. The lowest BCUT2D eigenvalue weighted by Gasteiger charge is -2.20. The summed E-state index contributed by atoms with van der Waals surface area (Å²) in [6.07, 6.45) is -4.47. The van der Waals surface area contributed by atoms with E-state index in [2.05, 4.69) is 0 Å². The second-order valence-corrected chi connectivity index (χ2v) is 5.45. The van der Waals surface area contributed by atoms with Crippen molar-refractivity contribution < 1.29 is 37.0 Å². The summed E-state index contributed by atoms with van der Waals surface area (Å²) in [5.41, 5.74) is -0.469. The summed E-state index contributed by atoms with van der Waals surface area (Å²) in [6, 6.07) is 7.06. The Bertz CT molecular complexity index is 767. The molecular weight excluding hydrogens is 355 g/mol. The summed E-state index contributed by atoms with van der Waals surface area (Å²) < 4.78 is 48.0. The van der Waals surface area contributed by atoms with Gasteiger partial charge in [-0.15, -0.1) is 0 Å². The molecule has 2 aromatic rings. The average Bonchev–Trinajstić information content (AvgIpc) is 3.02. The molecule has 140 valence electrons. The number of carbonyl (C=O) groups excluding carboxylic acids is 1. The smallest absolute Gasteiger partial charge is 0.416 e. The molecule has 6 nitrogen and oxygen atoms in total. The molecule has 9 heteroatoms. The van der Waals surface area contributed by atoms with E-state index in [9.17, 15) is 22.8 Å². The average molecular weight is 371 g/mol. The fourth-order valence-corrected chi connectivity index (χ4v) is 2.25. The lowest BCUT2D eigenvalue weighted by atomic mass is 10.1. The highest BCUT2D eigenvalue weighted by molar-refractivity contribution is 5.93. The molecule has 2 rings (SSSR count). The van der Waals surface area contributed by atoms with Crippen LogP contribution in [0.25, 0.3) is 0 Å². The molecule has 1 aromatic carbocycles. The molecule has 0 aliphatic heterocycles. The van der Waals surface area contributed by atoms with Crippen LogP contribution in [0.2, 0.25) is 0 Å². The Morgan fingerprint density at radius 1 is 1.15 bits per heavy atom. The summed E-state index contributed by atoms with van der Waals surface area (Å²) >= 11 is 0. The Balaban J connectivity index is 2.18. The third kappa shape index (κ3) is 5.09. The SMILES string of the molecule is COCc1ccc(C(=O)N(CC(=O)O)Cc2ccc(C(F)(F)F)cc2)o1. The fourth-order valence-electron chi connectivity index (χ4n) is 2.25. The van der Waals surface area contributed by atoms with Crippen molar-refractivity contribution >= 4 is 11.9 Å². The molecule has 0 saturated carbocycles. The van der Waals surface area contributed by atoms with Crippen molar-refractivity contribution in [3.05, 3.63) is 59.0 Å². The zero-order valence-corrected chi connectivity index (χ0v) is 13.7. The third-order valence-electron chi connectivity index (χ3n) is 3.43. The van der Waals surface area contributed by atoms with Gasteiger partial charge in [0.15, 0.2) is 5.76 Å². The van der Waals surface area contributed by atoms with E-state index in [1.807, 2.05) is 0 Å². The number of ether oxygens (including phenoxy) is 1. The van der Waals surface area contributed by atoms with Crippen LogP contribution in [0.5, 0.6) is 0 Å². The lowest BCUT2D eigenvalue weighted by molar-refractivity contribution is -0.138. The maximum atomic E-state index is 12.6. The van der Waals surface area contributed by atoms with E-state index in [0.29, 0.717) is 11.3 Å². The normalized spacial score (nSPS) is 11.4.